The van der Waals surface area contributed by atoms with Crippen LogP contribution >= 0.6 is 0 Å². The summed E-state index contributed by atoms with van der Waals surface area (Å²) in [5.41, 5.74) is 1.21. The molecule has 0 aromatic carbocycles. The molecule has 13 heavy (non-hydrogen) atoms. The Hall–Kier alpha value is -0.790. The van der Waals surface area contributed by atoms with Crippen molar-refractivity contribution in [3.63, 3.8) is 0 Å². The zero-order valence-corrected chi connectivity index (χ0v) is 8.50. The summed E-state index contributed by atoms with van der Waals surface area (Å²) in [4.78, 5) is 0. The predicted molar refractivity (Wildman–Crippen MR) is 55.4 cm³/mol. The van der Waals surface area contributed by atoms with Gasteiger partial charge in [0, 0.05) is 12.7 Å². The summed E-state index contributed by atoms with van der Waals surface area (Å²) in [5.74, 6) is 0. The van der Waals surface area contributed by atoms with E-state index in [0.717, 1.165) is 25.8 Å². The normalized spacial score (nSPS) is 10.6. The van der Waals surface area contributed by atoms with Crippen LogP contribution in [-0.2, 0) is 13.0 Å². The van der Waals surface area contributed by atoms with Crippen molar-refractivity contribution in [3.8, 4) is 0 Å². The third-order valence-corrected chi connectivity index (χ3v) is 2.12. The SMILES string of the molecule is [CH2]CCCc1ccn(CCCC)n1. The van der Waals surface area contributed by atoms with Crippen LogP contribution < -0.4 is 0 Å². The highest BCUT2D eigenvalue weighted by molar-refractivity contribution is 4.98. The first-order chi connectivity index (χ1) is 6.36. The van der Waals surface area contributed by atoms with E-state index in [-0.39, 0.29) is 0 Å². The van der Waals surface area contributed by atoms with Gasteiger partial charge in [0.05, 0.1) is 5.69 Å². The van der Waals surface area contributed by atoms with Gasteiger partial charge in [-0.1, -0.05) is 26.7 Å². The Bertz CT molecular complexity index is 205. The van der Waals surface area contributed by atoms with Gasteiger partial charge in [0.15, 0.2) is 0 Å². The lowest BCUT2D eigenvalue weighted by atomic mass is 10.2. The lowest BCUT2D eigenvalue weighted by Crippen LogP contribution is -1.99. The minimum absolute atomic E-state index is 1.00. The highest BCUT2D eigenvalue weighted by Gasteiger charge is 1.97. The van der Waals surface area contributed by atoms with Crippen molar-refractivity contribution in [1.29, 1.82) is 0 Å². The number of aryl methyl sites for hydroxylation is 2. The molecule has 1 rings (SSSR count). The molecule has 0 unspecified atom stereocenters. The highest BCUT2D eigenvalue weighted by Crippen LogP contribution is 2.02. The van der Waals surface area contributed by atoms with Crippen molar-refractivity contribution in [2.24, 2.45) is 0 Å². The van der Waals surface area contributed by atoms with Crippen LogP contribution in [0.5, 0.6) is 0 Å². The quantitative estimate of drug-likeness (QED) is 0.656. The highest BCUT2D eigenvalue weighted by atomic mass is 15.3. The second-order valence-electron chi connectivity index (χ2n) is 3.38. The largest absolute Gasteiger partial charge is 0.272 e. The molecule has 0 aliphatic carbocycles. The maximum Gasteiger partial charge on any atom is 0.0624 e. The third-order valence-electron chi connectivity index (χ3n) is 2.12. The van der Waals surface area contributed by atoms with Gasteiger partial charge in [-0.2, -0.15) is 5.10 Å². The number of aromatic nitrogens is 2. The number of hydrogen-bond donors (Lipinski definition) is 0. The minimum Gasteiger partial charge on any atom is -0.272 e. The summed E-state index contributed by atoms with van der Waals surface area (Å²) in [6.45, 7) is 7.08. The van der Waals surface area contributed by atoms with Gasteiger partial charge in [0.2, 0.25) is 0 Å². The average Bonchev–Trinajstić information content (AvgIpc) is 2.59. The lowest BCUT2D eigenvalue weighted by molar-refractivity contribution is 0.563. The molecule has 1 heterocycles. The zero-order valence-electron chi connectivity index (χ0n) is 8.50. The van der Waals surface area contributed by atoms with Crippen LogP contribution in [0.4, 0.5) is 0 Å². The summed E-state index contributed by atoms with van der Waals surface area (Å²) in [5, 5.41) is 4.47. The summed E-state index contributed by atoms with van der Waals surface area (Å²) in [6.07, 6.45) is 7.74. The number of hydrogen-bond acceptors (Lipinski definition) is 1. The molecule has 1 aromatic rings. The fraction of sp³-hybridized carbons (Fsp3) is 0.636. The zero-order chi connectivity index (χ0) is 9.52. The molecule has 0 bridgehead atoms. The van der Waals surface area contributed by atoms with Crippen molar-refractivity contribution in [2.45, 2.75) is 45.6 Å². The van der Waals surface area contributed by atoms with Crippen LogP contribution in [-0.4, -0.2) is 9.78 Å². The maximum absolute atomic E-state index is 4.47. The molecule has 1 radical (unpaired) electrons. The van der Waals surface area contributed by atoms with Gasteiger partial charge in [-0.25, -0.2) is 0 Å². The third kappa shape index (κ3) is 3.62. The molecule has 0 amide bonds. The number of unbranched alkanes of at least 4 members (excludes halogenated alkanes) is 2. The van der Waals surface area contributed by atoms with Crippen LogP contribution in [0, 0.1) is 6.92 Å². The first-order valence-corrected chi connectivity index (χ1v) is 5.18. The van der Waals surface area contributed by atoms with Crippen molar-refractivity contribution in [2.75, 3.05) is 0 Å². The van der Waals surface area contributed by atoms with E-state index < -0.39 is 0 Å². The minimum atomic E-state index is 1.00. The van der Waals surface area contributed by atoms with Gasteiger partial charge in [-0.3, -0.25) is 4.68 Å². The van der Waals surface area contributed by atoms with Crippen LogP contribution in [0.25, 0.3) is 0 Å². The lowest BCUT2D eigenvalue weighted by Gasteiger charge is -1.98. The van der Waals surface area contributed by atoms with Crippen LogP contribution in [0.2, 0.25) is 0 Å². The molecule has 2 nitrogen and oxygen atoms in total. The molecule has 0 aliphatic heterocycles. The molecule has 73 valence electrons. The van der Waals surface area contributed by atoms with E-state index >= 15 is 0 Å². The van der Waals surface area contributed by atoms with E-state index in [2.05, 4.69) is 31.2 Å². The molecule has 0 N–H and O–H groups in total. The first kappa shape index (κ1) is 10.3. The van der Waals surface area contributed by atoms with Gasteiger partial charge >= 0.3 is 0 Å². The monoisotopic (exact) mass is 179 g/mol. The summed E-state index contributed by atoms with van der Waals surface area (Å²) >= 11 is 0. The Morgan fingerprint density at radius 3 is 3.00 bits per heavy atom. The Labute approximate surface area is 81.0 Å². The van der Waals surface area contributed by atoms with E-state index in [0.29, 0.717) is 0 Å². The second-order valence-corrected chi connectivity index (χ2v) is 3.38. The molecule has 1 aromatic heterocycles. The molecule has 0 saturated heterocycles. The van der Waals surface area contributed by atoms with E-state index in [1.54, 1.807) is 0 Å². The summed E-state index contributed by atoms with van der Waals surface area (Å²) in [7, 11) is 0. The van der Waals surface area contributed by atoms with Gasteiger partial charge in [0.1, 0.15) is 0 Å². The number of nitrogens with zero attached hydrogens (tertiary/aromatic N) is 2. The molecule has 0 saturated carbocycles. The molecular weight excluding hydrogens is 160 g/mol. The molecular formula is C11H19N2. The Morgan fingerprint density at radius 2 is 2.31 bits per heavy atom. The number of rotatable bonds is 6. The smallest absolute Gasteiger partial charge is 0.0624 e. The van der Waals surface area contributed by atoms with E-state index in [4.69, 9.17) is 0 Å². The topological polar surface area (TPSA) is 17.8 Å². The van der Waals surface area contributed by atoms with Crippen LogP contribution in [0.3, 0.4) is 0 Å². The Morgan fingerprint density at radius 1 is 1.46 bits per heavy atom. The maximum atomic E-state index is 4.47. The summed E-state index contributed by atoms with van der Waals surface area (Å²) in [6, 6.07) is 2.12. The standard InChI is InChI=1S/C11H19N2/c1-3-5-7-11-8-10-13(12-11)9-6-4-2/h8,10H,1,3-7,9H2,2H3. The average molecular weight is 179 g/mol. The van der Waals surface area contributed by atoms with Crippen molar-refractivity contribution in [3.05, 3.63) is 24.9 Å². The molecule has 0 aliphatic rings. The van der Waals surface area contributed by atoms with E-state index in [1.165, 1.54) is 18.5 Å². The molecule has 0 atom stereocenters. The van der Waals surface area contributed by atoms with Gasteiger partial charge in [-0.05, 0) is 25.3 Å². The molecule has 2 heteroatoms. The predicted octanol–water partition coefficient (Wildman–Crippen LogP) is 2.84. The Balaban J connectivity index is 2.34. The van der Waals surface area contributed by atoms with Crippen molar-refractivity contribution in [1.82, 2.24) is 9.78 Å². The van der Waals surface area contributed by atoms with E-state index in [1.807, 2.05) is 4.68 Å². The van der Waals surface area contributed by atoms with E-state index in [9.17, 15) is 0 Å². The Kier molecular flexibility index (Phi) is 4.58. The molecule has 0 spiro atoms. The fourth-order valence-electron chi connectivity index (χ4n) is 1.29. The van der Waals surface area contributed by atoms with Gasteiger partial charge in [0.25, 0.3) is 0 Å². The molecule has 0 fully saturated rings. The van der Waals surface area contributed by atoms with Gasteiger partial charge in [-0.15, -0.1) is 0 Å². The van der Waals surface area contributed by atoms with Crippen LogP contribution in [0.1, 0.15) is 38.3 Å². The first-order valence-electron chi connectivity index (χ1n) is 5.18. The summed E-state index contributed by atoms with van der Waals surface area (Å²) < 4.78 is 2.04. The van der Waals surface area contributed by atoms with Gasteiger partial charge < -0.3 is 0 Å². The fourth-order valence-corrected chi connectivity index (χ4v) is 1.29. The second kappa shape index (κ2) is 5.79. The van der Waals surface area contributed by atoms with Crippen molar-refractivity contribution >= 4 is 0 Å². The van der Waals surface area contributed by atoms with Crippen LogP contribution in [0.15, 0.2) is 12.3 Å². The van der Waals surface area contributed by atoms with Crippen molar-refractivity contribution < 1.29 is 0 Å².